The third-order valence-electron chi connectivity index (χ3n) is 4.89. The predicted molar refractivity (Wildman–Crippen MR) is 106 cm³/mol. The number of carboxylic acid groups (broad SMARTS) is 1. The summed E-state index contributed by atoms with van der Waals surface area (Å²) in [5.41, 5.74) is 6.68. The van der Waals surface area contributed by atoms with Crippen molar-refractivity contribution in [2.75, 3.05) is 7.11 Å². The number of pyridine rings is 1. The molecule has 6 nitrogen and oxygen atoms in total. The number of aromatic carboxylic acids is 1. The number of carbonyl (C=O) groups is 1. The maximum absolute atomic E-state index is 15.1. The Morgan fingerprint density at radius 1 is 1.36 bits per heavy atom. The Hall–Kier alpha value is -2.84. The molecule has 3 aromatic rings. The molecule has 144 valence electrons. The van der Waals surface area contributed by atoms with E-state index in [1.165, 1.54) is 18.9 Å². The van der Waals surface area contributed by atoms with Crippen molar-refractivity contribution in [3.63, 3.8) is 0 Å². The molecule has 1 aromatic heterocycles. The zero-order valence-corrected chi connectivity index (χ0v) is 16.0. The number of nitrogens with zero attached hydrogens (tertiary/aromatic N) is 1. The van der Waals surface area contributed by atoms with E-state index in [-0.39, 0.29) is 27.6 Å². The molecule has 2 heterocycles. The third kappa shape index (κ3) is 2.52. The van der Waals surface area contributed by atoms with Gasteiger partial charge in [-0.25, -0.2) is 9.18 Å². The van der Waals surface area contributed by atoms with Crippen LogP contribution in [0, 0.1) is 5.82 Å². The zero-order chi connectivity index (χ0) is 20.2. The Kier molecular flexibility index (Phi) is 4.40. The summed E-state index contributed by atoms with van der Waals surface area (Å²) in [5.74, 6) is -1.77. The lowest BCUT2D eigenvalue weighted by Crippen LogP contribution is -2.28. The summed E-state index contributed by atoms with van der Waals surface area (Å²) in [6.07, 6.45) is 0. The second kappa shape index (κ2) is 6.65. The number of aromatic nitrogens is 1. The van der Waals surface area contributed by atoms with Gasteiger partial charge in [0.05, 0.1) is 34.0 Å². The van der Waals surface area contributed by atoms with Gasteiger partial charge >= 0.3 is 5.97 Å². The molecule has 0 fully saturated rings. The van der Waals surface area contributed by atoms with E-state index < -0.39 is 17.2 Å². The van der Waals surface area contributed by atoms with E-state index in [9.17, 15) is 14.7 Å². The second-order valence-corrected chi connectivity index (χ2v) is 7.77. The van der Waals surface area contributed by atoms with Crippen LogP contribution >= 0.6 is 11.8 Å². The summed E-state index contributed by atoms with van der Waals surface area (Å²) in [4.78, 5) is 24.4. The largest absolute Gasteiger partial charge is 0.494 e. The van der Waals surface area contributed by atoms with Crippen molar-refractivity contribution < 1.29 is 19.0 Å². The van der Waals surface area contributed by atoms with Crippen molar-refractivity contribution in [1.82, 2.24) is 4.57 Å². The Morgan fingerprint density at radius 2 is 2.04 bits per heavy atom. The van der Waals surface area contributed by atoms with Crippen molar-refractivity contribution >= 4 is 28.6 Å². The molecule has 1 atom stereocenters. The monoisotopic (exact) mass is 400 g/mol. The summed E-state index contributed by atoms with van der Waals surface area (Å²) in [6.45, 7) is 2.25. The highest BCUT2D eigenvalue weighted by atomic mass is 32.2. The Bertz CT molecular complexity index is 1190. The van der Waals surface area contributed by atoms with E-state index >= 15 is 4.39 Å². The van der Waals surface area contributed by atoms with Crippen molar-refractivity contribution in [3.8, 4) is 16.9 Å². The smallest absolute Gasteiger partial charge is 0.342 e. The minimum Gasteiger partial charge on any atom is -0.494 e. The van der Waals surface area contributed by atoms with E-state index in [4.69, 9.17) is 10.5 Å². The fraction of sp³-hybridized carbons (Fsp3) is 0.200. The fourth-order valence-electron chi connectivity index (χ4n) is 3.57. The lowest BCUT2D eigenvalue weighted by molar-refractivity contribution is 0.0689. The van der Waals surface area contributed by atoms with Crippen LogP contribution in [0.4, 0.5) is 4.39 Å². The van der Waals surface area contributed by atoms with Gasteiger partial charge in [-0.3, -0.25) is 4.79 Å². The van der Waals surface area contributed by atoms with Crippen molar-refractivity contribution in [2.24, 2.45) is 5.73 Å². The van der Waals surface area contributed by atoms with Gasteiger partial charge < -0.3 is 20.1 Å². The van der Waals surface area contributed by atoms with Gasteiger partial charge in [-0.15, -0.1) is 0 Å². The number of fused-ring (bicyclic) bond motifs is 3. The quantitative estimate of drug-likeness (QED) is 0.695. The first-order chi connectivity index (χ1) is 13.4. The third-order valence-corrected chi connectivity index (χ3v) is 6.07. The maximum atomic E-state index is 15.1. The molecule has 4 rings (SSSR count). The summed E-state index contributed by atoms with van der Waals surface area (Å²) < 4.78 is 22.4. The van der Waals surface area contributed by atoms with Crippen LogP contribution in [0.1, 0.15) is 28.2 Å². The van der Waals surface area contributed by atoms with Crippen LogP contribution in [0.15, 0.2) is 40.2 Å². The number of hydrogen-bond donors (Lipinski definition) is 2. The van der Waals surface area contributed by atoms with Gasteiger partial charge in [-0.05, 0) is 24.1 Å². The Morgan fingerprint density at radius 3 is 2.57 bits per heavy atom. The Labute approximate surface area is 163 Å². The van der Waals surface area contributed by atoms with Gasteiger partial charge in [-0.2, -0.15) is 0 Å². The molecule has 0 aliphatic carbocycles. The minimum absolute atomic E-state index is 0.00928. The molecule has 28 heavy (non-hydrogen) atoms. The molecule has 1 aliphatic heterocycles. The first kappa shape index (κ1) is 18.5. The molecular weight excluding hydrogens is 383 g/mol. The average Bonchev–Trinajstić information content (AvgIpc) is 2.67. The van der Waals surface area contributed by atoms with E-state index in [2.05, 4.69) is 0 Å². The molecule has 0 amide bonds. The standard InChI is InChI=1S/C20H17FN2O4S/c1-9-23-16-12(17(24)15(20(25)26)19(23)28-9)7-13(21)14(18(16)27-2)11-5-3-10(8-22)4-6-11/h3-7,9H,8,22H2,1-2H3,(H,25,26). The molecule has 8 heteroatoms. The van der Waals surface area contributed by atoms with Gasteiger partial charge in [-0.1, -0.05) is 36.0 Å². The first-order valence-electron chi connectivity index (χ1n) is 8.57. The molecule has 1 aliphatic rings. The number of rotatable bonds is 4. The fourth-order valence-corrected chi connectivity index (χ4v) is 4.71. The minimum atomic E-state index is -1.32. The topological polar surface area (TPSA) is 94.6 Å². The second-order valence-electron chi connectivity index (χ2n) is 6.47. The maximum Gasteiger partial charge on any atom is 0.342 e. The number of methoxy groups -OCH3 is 1. The number of hydrogen-bond acceptors (Lipinski definition) is 5. The number of halogens is 1. The molecule has 1 unspecified atom stereocenters. The predicted octanol–water partition coefficient (Wildman–Crippen LogP) is 3.60. The summed E-state index contributed by atoms with van der Waals surface area (Å²) in [7, 11) is 1.41. The van der Waals surface area contributed by atoms with Crippen LogP contribution in [-0.2, 0) is 6.54 Å². The summed E-state index contributed by atoms with van der Waals surface area (Å²) in [6, 6.07) is 8.19. The molecule has 0 radical (unpaired) electrons. The summed E-state index contributed by atoms with van der Waals surface area (Å²) >= 11 is 1.29. The molecule has 2 aromatic carbocycles. The SMILES string of the molecule is COc1c(-c2ccc(CN)cc2)c(F)cc2c(=O)c(C(=O)O)c3n(c12)C(C)S3. The van der Waals surface area contributed by atoms with Crippen LogP contribution in [-0.4, -0.2) is 22.8 Å². The van der Waals surface area contributed by atoms with E-state index in [0.29, 0.717) is 22.7 Å². The number of ether oxygens (including phenoxy) is 1. The molecule has 0 saturated heterocycles. The highest BCUT2D eigenvalue weighted by molar-refractivity contribution is 8.00. The number of carboxylic acids is 1. The highest BCUT2D eigenvalue weighted by Gasteiger charge is 2.35. The first-order valence-corrected chi connectivity index (χ1v) is 9.45. The molecule has 3 N–H and O–H groups in total. The lowest BCUT2D eigenvalue weighted by atomic mass is 9.98. The normalized spacial score (nSPS) is 15.2. The van der Waals surface area contributed by atoms with Crippen molar-refractivity contribution in [3.05, 3.63) is 57.5 Å². The highest BCUT2D eigenvalue weighted by Crippen LogP contribution is 2.49. The molecule has 0 bridgehead atoms. The van der Waals surface area contributed by atoms with E-state index in [1.807, 2.05) is 6.92 Å². The van der Waals surface area contributed by atoms with E-state index in [1.54, 1.807) is 28.8 Å². The van der Waals surface area contributed by atoms with E-state index in [0.717, 1.165) is 11.6 Å². The van der Waals surface area contributed by atoms with Gasteiger partial charge in [0.25, 0.3) is 0 Å². The zero-order valence-electron chi connectivity index (χ0n) is 15.2. The average molecular weight is 400 g/mol. The van der Waals surface area contributed by atoms with Crippen LogP contribution in [0.3, 0.4) is 0 Å². The molecular formula is C20H17FN2O4S. The molecule has 0 spiro atoms. The molecule has 0 saturated carbocycles. The Balaban J connectivity index is 2.12. The van der Waals surface area contributed by atoms with Crippen molar-refractivity contribution in [1.29, 1.82) is 0 Å². The number of benzene rings is 2. The van der Waals surface area contributed by atoms with Gasteiger partial charge in [0.1, 0.15) is 11.4 Å². The van der Waals surface area contributed by atoms with Crippen LogP contribution in [0.25, 0.3) is 22.0 Å². The lowest BCUT2D eigenvalue weighted by Gasteiger charge is -2.33. The summed E-state index contributed by atoms with van der Waals surface area (Å²) in [5, 5.41) is 9.70. The number of thioether (sulfide) groups is 1. The van der Waals surface area contributed by atoms with Gasteiger partial charge in [0.15, 0.2) is 5.75 Å². The van der Waals surface area contributed by atoms with Crippen LogP contribution in [0.2, 0.25) is 0 Å². The number of nitrogens with two attached hydrogens (primary N) is 1. The van der Waals surface area contributed by atoms with Crippen LogP contribution in [0.5, 0.6) is 5.75 Å². The van der Waals surface area contributed by atoms with Gasteiger partial charge in [0.2, 0.25) is 5.43 Å². The van der Waals surface area contributed by atoms with Gasteiger partial charge in [0, 0.05) is 6.54 Å². The van der Waals surface area contributed by atoms with Crippen LogP contribution < -0.4 is 15.9 Å². The van der Waals surface area contributed by atoms with Crippen molar-refractivity contribution in [2.45, 2.75) is 23.9 Å².